The molecule has 0 saturated heterocycles. The van der Waals surface area contributed by atoms with Gasteiger partial charge in [-0.1, -0.05) is 60.1 Å². The van der Waals surface area contributed by atoms with Gasteiger partial charge in [-0.15, -0.1) is 0 Å². The lowest BCUT2D eigenvalue weighted by Gasteiger charge is -2.70. The number of fused-ring (bicyclic) bond motifs is 7. The molecule has 5 rings (SSSR count). The van der Waals surface area contributed by atoms with Crippen LogP contribution in [0.3, 0.4) is 0 Å². The first-order valence-corrected chi connectivity index (χ1v) is 13.8. The standard InChI is InChI=1S/C30H48O3/c1-25(2)14-15-27(5)16-17-30(24(32)33)19(20(27)18-25)8-9-22-28(6)12-11-23(31)26(3,4)21(28)10-13-29(22,30)7/h8,20-23,31H,9-18H2,1-7H3,(H,32,33)/t20-,21?,22-,23?,27-,28+,29-,30-/m1/s1. The smallest absolute Gasteiger partial charge is 0.314 e. The molecule has 8 atom stereocenters. The van der Waals surface area contributed by atoms with Gasteiger partial charge in [0.2, 0.25) is 0 Å². The molecule has 3 nitrogen and oxygen atoms in total. The molecule has 3 heteroatoms. The molecule has 0 amide bonds. The second kappa shape index (κ2) is 6.89. The molecule has 2 N–H and O–H groups in total. The second-order valence-corrected chi connectivity index (χ2v) is 15.1. The quantitative estimate of drug-likeness (QED) is 0.409. The first-order chi connectivity index (χ1) is 15.1. The zero-order valence-electron chi connectivity index (χ0n) is 22.3. The number of hydrogen-bond acceptors (Lipinski definition) is 2. The third-order valence-corrected chi connectivity index (χ3v) is 12.9. The predicted molar refractivity (Wildman–Crippen MR) is 133 cm³/mol. The van der Waals surface area contributed by atoms with Gasteiger partial charge in [0.05, 0.1) is 11.5 Å². The van der Waals surface area contributed by atoms with Gasteiger partial charge in [-0.3, -0.25) is 4.79 Å². The lowest BCUT2D eigenvalue weighted by Crippen LogP contribution is -2.66. The number of aliphatic carboxylic acids is 1. The highest BCUT2D eigenvalue weighted by Crippen LogP contribution is 2.75. The summed E-state index contributed by atoms with van der Waals surface area (Å²) >= 11 is 0. The van der Waals surface area contributed by atoms with Crippen LogP contribution in [-0.2, 0) is 4.79 Å². The Labute approximate surface area is 201 Å². The van der Waals surface area contributed by atoms with Crippen LogP contribution in [-0.4, -0.2) is 22.3 Å². The van der Waals surface area contributed by atoms with Crippen LogP contribution in [0.1, 0.15) is 113 Å². The van der Waals surface area contributed by atoms with Gasteiger partial charge in [0.25, 0.3) is 0 Å². The molecule has 0 aromatic heterocycles. The minimum Gasteiger partial charge on any atom is -0.481 e. The number of rotatable bonds is 1. The van der Waals surface area contributed by atoms with E-state index in [9.17, 15) is 15.0 Å². The van der Waals surface area contributed by atoms with Crippen LogP contribution in [0.25, 0.3) is 0 Å². The van der Waals surface area contributed by atoms with Gasteiger partial charge >= 0.3 is 5.97 Å². The summed E-state index contributed by atoms with van der Waals surface area (Å²) in [4.78, 5) is 13.5. The molecule has 0 heterocycles. The fraction of sp³-hybridized carbons (Fsp3) is 0.900. The van der Waals surface area contributed by atoms with E-state index >= 15 is 0 Å². The summed E-state index contributed by atoms with van der Waals surface area (Å²) in [5, 5.41) is 22.0. The van der Waals surface area contributed by atoms with E-state index in [1.54, 1.807) is 0 Å². The van der Waals surface area contributed by atoms with Crippen molar-refractivity contribution in [3.05, 3.63) is 11.6 Å². The Hall–Kier alpha value is -0.830. The molecule has 0 aromatic carbocycles. The van der Waals surface area contributed by atoms with E-state index in [0.717, 1.165) is 51.4 Å². The maximum atomic E-state index is 13.5. The third kappa shape index (κ3) is 2.87. The van der Waals surface area contributed by atoms with E-state index in [1.807, 2.05) is 0 Å². The van der Waals surface area contributed by atoms with E-state index in [-0.39, 0.29) is 33.2 Å². The molecular weight excluding hydrogens is 408 g/mol. The highest BCUT2D eigenvalue weighted by molar-refractivity contribution is 5.81. The lowest BCUT2D eigenvalue weighted by molar-refractivity contribution is -0.213. The van der Waals surface area contributed by atoms with Crippen LogP contribution >= 0.6 is 0 Å². The number of carboxylic acid groups (broad SMARTS) is 1. The van der Waals surface area contributed by atoms with Crippen molar-refractivity contribution in [2.45, 2.75) is 119 Å². The summed E-state index contributed by atoms with van der Waals surface area (Å²) in [7, 11) is 0. The zero-order chi connectivity index (χ0) is 24.2. The molecular formula is C30H48O3. The van der Waals surface area contributed by atoms with Gasteiger partial charge in [-0.25, -0.2) is 0 Å². The monoisotopic (exact) mass is 456 g/mol. The highest BCUT2D eigenvalue weighted by Gasteiger charge is 2.71. The molecule has 0 aromatic rings. The Balaban J connectivity index is 1.64. The van der Waals surface area contributed by atoms with Gasteiger partial charge in [0.15, 0.2) is 0 Å². The number of aliphatic hydroxyl groups excluding tert-OH is 1. The fourth-order valence-corrected chi connectivity index (χ4v) is 10.6. The Morgan fingerprint density at radius 2 is 1.55 bits per heavy atom. The lowest BCUT2D eigenvalue weighted by atomic mass is 9.33. The Bertz CT molecular complexity index is 885. The van der Waals surface area contributed by atoms with Crippen molar-refractivity contribution in [3.8, 4) is 0 Å². The number of hydrogen-bond donors (Lipinski definition) is 2. The van der Waals surface area contributed by atoms with Crippen LogP contribution in [0.4, 0.5) is 0 Å². The largest absolute Gasteiger partial charge is 0.481 e. The molecule has 5 aliphatic rings. The van der Waals surface area contributed by atoms with Gasteiger partial charge < -0.3 is 10.2 Å². The number of carbonyl (C=O) groups is 1. The molecule has 2 unspecified atom stereocenters. The molecule has 5 aliphatic carbocycles. The number of allylic oxidation sites excluding steroid dienone is 1. The van der Waals surface area contributed by atoms with E-state index in [4.69, 9.17) is 0 Å². The molecule has 0 bridgehead atoms. The predicted octanol–water partition coefficient (Wildman–Crippen LogP) is 7.23. The van der Waals surface area contributed by atoms with Crippen LogP contribution in [0.15, 0.2) is 11.6 Å². The van der Waals surface area contributed by atoms with E-state index in [0.29, 0.717) is 17.8 Å². The fourth-order valence-electron chi connectivity index (χ4n) is 10.6. The topological polar surface area (TPSA) is 57.5 Å². The van der Waals surface area contributed by atoms with Crippen molar-refractivity contribution in [2.24, 2.45) is 50.2 Å². The molecule has 4 saturated carbocycles. The average Bonchev–Trinajstić information content (AvgIpc) is 2.71. The van der Waals surface area contributed by atoms with Crippen molar-refractivity contribution in [3.63, 3.8) is 0 Å². The molecule has 186 valence electrons. The molecule has 0 aliphatic heterocycles. The highest BCUT2D eigenvalue weighted by atomic mass is 16.4. The van der Waals surface area contributed by atoms with Crippen molar-refractivity contribution in [1.82, 2.24) is 0 Å². The normalized spacial score (nSPS) is 52.4. The molecule has 33 heavy (non-hydrogen) atoms. The van der Waals surface area contributed by atoms with Crippen LogP contribution in [0, 0.1) is 50.2 Å². The Kier molecular flexibility index (Phi) is 4.99. The summed E-state index contributed by atoms with van der Waals surface area (Å²) in [6.45, 7) is 16.6. The van der Waals surface area contributed by atoms with E-state index < -0.39 is 11.4 Å². The van der Waals surface area contributed by atoms with Gasteiger partial charge in [0.1, 0.15) is 0 Å². The minimum absolute atomic E-state index is 0.0901. The number of aliphatic hydroxyl groups is 1. The first-order valence-electron chi connectivity index (χ1n) is 13.8. The first kappa shape index (κ1) is 23.9. The average molecular weight is 457 g/mol. The summed E-state index contributed by atoms with van der Waals surface area (Å²) in [5.74, 6) is 0.675. The summed E-state index contributed by atoms with van der Waals surface area (Å²) < 4.78 is 0. The second-order valence-electron chi connectivity index (χ2n) is 15.1. The maximum absolute atomic E-state index is 13.5. The van der Waals surface area contributed by atoms with Gasteiger partial charge in [-0.2, -0.15) is 0 Å². The molecule has 0 radical (unpaired) electrons. The van der Waals surface area contributed by atoms with Crippen molar-refractivity contribution in [1.29, 1.82) is 0 Å². The Morgan fingerprint density at radius 1 is 0.879 bits per heavy atom. The SMILES string of the molecule is CC1(C)CC[C@]2(C)CC[C@]3(C(=O)O)C(=CC[C@@H]4[C@@]5(C)CCC(O)C(C)(C)C5CC[C@]43C)[C@H]2C1. The van der Waals surface area contributed by atoms with Crippen molar-refractivity contribution < 1.29 is 15.0 Å². The summed E-state index contributed by atoms with van der Waals surface area (Å²) in [5.41, 5.74) is 0.906. The van der Waals surface area contributed by atoms with Crippen molar-refractivity contribution >= 4 is 5.97 Å². The van der Waals surface area contributed by atoms with E-state index in [2.05, 4.69) is 54.5 Å². The van der Waals surface area contributed by atoms with Gasteiger partial charge in [-0.05, 0) is 109 Å². The van der Waals surface area contributed by atoms with Crippen LogP contribution < -0.4 is 0 Å². The summed E-state index contributed by atoms with van der Waals surface area (Å²) in [6, 6.07) is 0. The molecule has 4 fully saturated rings. The summed E-state index contributed by atoms with van der Waals surface area (Å²) in [6.07, 6.45) is 12.6. The molecule has 0 spiro atoms. The maximum Gasteiger partial charge on any atom is 0.314 e. The Morgan fingerprint density at radius 3 is 2.21 bits per heavy atom. The number of carboxylic acids is 1. The third-order valence-electron chi connectivity index (χ3n) is 12.9. The van der Waals surface area contributed by atoms with Gasteiger partial charge in [0, 0.05) is 0 Å². The minimum atomic E-state index is -0.721. The van der Waals surface area contributed by atoms with Crippen molar-refractivity contribution in [2.75, 3.05) is 0 Å². The zero-order valence-corrected chi connectivity index (χ0v) is 22.3. The van der Waals surface area contributed by atoms with E-state index in [1.165, 1.54) is 18.4 Å². The van der Waals surface area contributed by atoms with Crippen LogP contribution in [0.2, 0.25) is 0 Å². The van der Waals surface area contributed by atoms with Crippen LogP contribution in [0.5, 0.6) is 0 Å².